The Hall–Kier alpha value is -3.79. The first-order chi connectivity index (χ1) is 19.0. The number of likely N-dealkylation sites (N-methyl/N-ethyl adjacent to an activating group) is 1. The predicted molar refractivity (Wildman–Crippen MR) is 151 cm³/mol. The van der Waals surface area contributed by atoms with E-state index in [9.17, 15) is 19.2 Å². The summed E-state index contributed by atoms with van der Waals surface area (Å²) >= 11 is 0. The number of pyridine rings is 1. The highest BCUT2D eigenvalue weighted by molar-refractivity contribution is 5.91. The lowest BCUT2D eigenvalue weighted by molar-refractivity contribution is -0.161. The summed E-state index contributed by atoms with van der Waals surface area (Å²) in [6.07, 6.45) is 3.70. The van der Waals surface area contributed by atoms with Crippen LogP contribution in [0.25, 0.3) is 17.0 Å². The molecule has 1 aromatic heterocycles. The van der Waals surface area contributed by atoms with Gasteiger partial charge in [0, 0.05) is 19.0 Å². The Morgan fingerprint density at radius 1 is 1.02 bits per heavy atom. The number of carbonyl (C=O) groups is 4. The van der Waals surface area contributed by atoms with Crippen molar-refractivity contribution in [3.63, 3.8) is 0 Å². The molecule has 1 fully saturated rings. The number of cyclic esters (lactones) is 1. The number of ether oxygens (including phenoxy) is 1. The number of hydrazine groups is 1. The van der Waals surface area contributed by atoms with E-state index in [1.807, 2.05) is 43.3 Å². The summed E-state index contributed by atoms with van der Waals surface area (Å²) in [5.41, 5.74) is 5.44. The van der Waals surface area contributed by atoms with E-state index in [2.05, 4.69) is 10.7 Å². The summed E-state index contributed by atoms with van der Waals surface area (Å²) in [4.78, 5) is 59.2. The monoisotopic (exact) mass is 549 g/mol. The van der Waals surface area contributed by atoms with Crippen LogP contribution in [0.3, 0.4) is 0 Å². The normalized spacial score (nSPS) is 28.0. The highest BCUT2D eigenvalue weighted by atomic mass is 16.5. The van der Waals surface area contributed by atoms with Gasteiger partial charge in [-0.1, -0.05) is 44.2 Å². The van der Waals surface area contributed by atoms with Crippen molar-refractivity contribution in [3.05, 3.63) is 47.7 Å². The van der Waals surface area contributed by atoms with Gasteiger partial charge >= 0.3 is 5.97 Å². The molecular weight excluding hydrogens is 510 g/mol. The Morgan fingerprint density at radius 3 is 2.48 bits per heavy atom. The molecule has 0 saturated carbocycles. The first-order valence-electron chi connectivity index (χ1n) is 13.9. The number of hydrogen-bond acceptors (Lipinski definition) is 7. The van der Waals surface area contributed by atoms with Gasteiger partial charge in [0.25, 0.3) is 11.8 Å². The number of rotatable bonds is 1. The molecule has 0 aliphatic carbocycles. The van der Waals surface area contributed by atoms with Crippen LogP contribution in [-0.4, -0.2) is 70.4 Å². The standard InChI is InChI=1S/C30H39N5O5/c1-17(2)26-27(36)31-19(4)28(37)35-15-7-8-24(33-35)29(38)34(6)20(5)23-14-13-22-12-11-21(16-25(22)32-23)10-9-18(3)30(39)40-26/h9-14,16-20,24,26,33H,7-8,15H2,1-6H3,(H,31,36)/b10-9+/t18?,19?,20-,24?,26?/m1/s1. The van der Waals surface area contributed by atoms with Crippen molar-refractivity contribution in [3.8, 4) is 0 Å². The van der Waals surface area contributed by atoms with Crippen LogP contribution in [0.4, 0.5) is 0 Å². The third-order valence-corrected chi connectivity index (χ3v) is 7.63. The van der Waals surface area contributed by atoms with Gasteiger partial charge in [-0.3, -0.25) is 29.2 Å². The van der Waals surface area contributed by atoms with Crippen molar-refractivity contribution in [2.24, 2.45) is 11.8 Å². The molecule has 0 spiro atoms. The second kappa shape index (κ2) is 12.2. The molecule has 10 heteroatoms. The molecule has 4 unspecified atom stereocenters. The molecule has 2 aliphatic heterocycles. The zero-order valence-corrected chi connectivity index (χ0v) is 24.0. The molecule has 3 amide bonds. The van der Waals surface area contributed by atoms with Gasteiger partial charge in [0.2, 0.25) is 5.91 Å². The average molecular weight is 550 g/mol. The van der Waals surface area contributed by atoms with E-state index in [1.54, 1.807) is 45.7 Å². The maximum atomic E-state index is 13.5. The molecule has 2 N–H and O–H groups in total. The van der Waals surface area contributed by atoms with Gasteiger partial charge in [-0.05, 0) is 57.2 Å². The van der Waals surface area contributed by atoms with Crippen LogP contribution in [-0.2, 0) is 23.9 Å². The van der Waals surface area contributed by atoms with Crippen LogP contribution in [0, 0.1) is 11.8 Å². The SMILES string of the molecule is CC1/C=C/c2ccc3ccc(nc3c2)[C@@H](C)N(C)C(=O)C2CCCN(N2)C(=O)C(C)NC(=O)C(C(C)C)OC1=O. The first-order valence-corrected chi connectivity index (χ1v) is 13.9. The molecule has 40 heavy (non-hydrogen) atoms. The third-order valence-electron chi connectivity index (χ3n) is 7.63. The summed E-state index contributed by atoms with van der Waals surface area (Å²) in [6, 6.07) is 7.94. The Morgan fingerprint density at radius 2 is 1.75 bits per heavy atom. The van der Waals surface area contributed by atoms with Crippen molar-refractivity contribution in [2.75, 3.05) is 13.6 Å². The van der Waals surface area contributed by atoms with Gasteiger partial charge in [0.15, 0.2) is 6.10 Å². The number of aromatic nitrogens is 1. The molecule has 1 aromatic carbocycles. The Kier molecular flexibility index (Phi) is 8.88. The molecule has 5 bridgehead atoms. The van der Waals surface area contributed by atoms with Crippen LogP contribution in [0.2, 0.25) is 0 Å². The highest BCUT2D eigenvalue weighted by Gasteiger charge is 2.35. The highest BCUT2D eigenvalue weighted by Crippen LogP contribution is 2.24. The van der Waals surface area contributed by atoms with Crippen LogP contribution < -0.4 is 10.7 Å². The fourth-order valence-corrected chi connectivity index (χ4v) is 4.89. The lowest BCUT2D eigenvalue weighted by Gasteiger charge is -2.37. The van der Waals surface area contributed by atoms with E-state index >= 15 is 0 Å². The number of benzene rings is 1. The molecule has 2 aliphatic rings. The summed E-state index contributed by atoms with van der Waals surface area (Å²) in [7, 11) is 1.74. The largest absolute Gasteiger partial charge is 0.452 e. The number of carbonyl (C=O) groups excluding carboxylic acids is 4. The number of amides is 3. The average Bonchev–Trinajstić information content (AvgIpc) is 2.95. The molecule has 3 heterocycles. The Balaban J connectivity index is 1.70. The van der Waals surface area contributed by atoms with E-state index in [0.29, 0.717) is 19.4 Å². The van der Waals surface area contributed by atoms with E-state index in [1.165, 1.54) is 5.01 Å². The quantitative estimate of drug-likeness (QED) is 0.525. The number of hydrogen-bond donors (Lipinski definition) is 2. The second-order valence-electron chi connectivity index (χ2n) is 11.1. The van der Waals surface area contributed by atoms with Crippen molar-refractivity contribution >= 4 is 40.7 Å². The lowest BCUT2D eigenvalue weighted by atomic mass is 10.0. The fraction of sp³-hybridized carbons (Fsp3) is 0.500. The minimum atomic E-state index is -1.06. The maximum Gasteiger partial charge on any atom is 0.313 e. The van der Waals surface area contributed by atoms with E-state index in [0.717, 1.165) is 22.2 Å². The predicted octanol–water partition coefficient (Wildman–Crippen LogP) is 2.99. The Bertz CT molecular complexity index is 1320. The molecule has 2 aromatic rings. The van der Waals surface area contributed by atoms with Crippen molar-refractivity contribution in [1.29, 1.82) is 0 Å². The summed E-state index contributed by atoms with van der Waals surface area (Å²) in [5, 5.41) is 5.05. The third kappa shape index (κ3) is 6.33. The van der Waals surface area contributed by atoms with Gasteiger partial charge < -0.3 is 15.0 Å². The van der Waals surface area contributed by atoms with Gasteiger partial charge in [-0.2, -0.15) is 0 Å². The van der Waals surface area contributed by atoms with Crippen molar-refractivity contribution < 1.29 is 23.9 Å². The molecule has 1 saturated heterocycles. The summed E-state index contributed by atoms with van der Waals surface area (Å²) in [6.45, 7) is 9.18. The van der Waals surface area contributed by atoms with E-state index in [4.69, 9.17) is 9.72 Å². The van der Waals surface area contributed by atoms with Crippen LogP contribution >= 0.6 is 0 Å². The smallest absolute Gasteiger partial charge is 0.313 e. The second-order valence-corrected chi connectivity index (χ2v) is 11.1. The number of nitrogens with one attached hydrogen (secondary N) is 2. The fourth-order valence-electron chi connectivity index (χ4n) is 4.89. The van der Waals surface area contributed by atoms with Gasteiger partial charge in [0.1, 0.15) is 12.1 Å². The first kappa shape index (κ1) is 29.2. The van der Waals surface area contributed by atoms with E-state index in [-0.39, 0.29) is 23.8 Å². The summed E-state index contributed by atoms with van der Waals surface area (Å²) in [5.74, 6) is -2.51. The lowest BCUT2D eigenvalue weighted by Crippen LogP contribution is -2.61. The molecule has 0 radical (unpaired) electrons. The molecule has 5 atom stereocenters. The molecule has 214 valence electrons. The van der Waals surface area contributed by atoms with Crippen molar-refractivity contribution in [1.82, 2.24) is 25.6 Å². The zero-order valence-electron chi connectivity index (χ0n) is 24.0. The zero-order chi connectivity index (χ0) is 29.1. The molecule has 10 nitrogen and oxygen atoms in total. The van der Waals surface area contributed by atoms with Crippen molar-refractivity contribution in [2.45, 2.75) is 71.7 Å². The number of esters is 1. The van der Waals surface area contributed by atoms with Gasteiger partial charge in [0.05, 0.1) is 23.2 Å². The topological polar surface area (TPSA) is 121 Å². The van der Waals surface area contributed by atoms with E-state index < -0.39 is 36.0 Å². The van der Waals surface area contributed by atoms with Crippen LogP contribution in [0.5, 0.6) is 0 Å². The molecular formula is C30H39N5O5. The maximum absolute atomic E-state index is 13.5. The van der Waals surface area contributed by atoms with Gasteiger partial charge in [-0.15, -0.1) is 0 Å². The van der Waals surface area contributed by atoms with Crippen LogP contribution in [0.15, 0.2) is 36.4 Å². The number of nitrogens with zero attached hydrogens (tertiary/aromatic N) is 3. The summed E-state index contributed by atoms with van der Waals surface area (Å²) < 4.78 is 5.61. The Labute approximate surface area is 235 Å². The minimum absolute atomic E-state index is 0.146. The molecule has 4 rings (SSSR count). The minimum Gasteiger partial charge on any atom is -0.452 e. The van der Waals surface area contributed by atoms with Crippen LogP contribution in [0.1, 0.15) is 64.8 Å². The van der Waals surface area contributed by atoms with Gasteiger partial charge in [-0.25, -0.2) is 5.43 Å². The number of fused-ring (bicyclic) bond motifs is 4.